The molecule has 0 radical (unpaired) electrons. The summed E-state index contributed by atoms with van der Waals surface area (Å²) in [6.45, 7) is 0.565. The third-order valence-electron chi connectivity index (χ3n) is 3.53. The van der Waals surface area contributed by atoms with E-state index in [0.717, 1.165) is 5.56 Å². The van der Waals surface area contributed by atoms with Gasteiger partial charge in [-0.05, 0) is 17.3 Å². The number of rotatable bonds is 7. The zero-order valence-corrected chi connectivity index (χ0v) is 13.4. The van der Waals surface area contributed by atoms with E-state index in [1.165, 1.54) is 4.80 Å². The Morgan fingerprint density at radius 2 is 2.08 bits per heavy atom. The van der Waals surface area contributed by atoms with Crippen LogP contribution in [0, 0.1) is 11.3 Å². The fourth-order valence-corrected chi connectivity index (χ4v) is 2.30. The number of amides is 1. The van der Waals surface area contributed by atoms with Crippen molar-refractivity contribution in [2.75, 3.05) is 6.54 Å². The summed E-state index contributed by atoms with van der Waals surface area (Å²) in [4.78, 5) is 15.3. The van der Waals surface area contributed by atoms with Crippen molar-refractivity contribution < 1.29 is 9.21 Å². The number of furan rings is 1. The lowest BCUT2D eigenvalue weighted by Crippen LogP contribution is -2.34. The predicted molar refractivity (Wildman–Crippen MR) is 87.6 cm³/mol. The van der Waals surface area contributed by atoms with Crippen LogP contribution in [0.25, 0.3) is 11.4 Å². The molecule has 0 aliphatic carbocycles. The monoisotopic (exact) mass is 336 g/mol. The number of nitrogens with zero attached hydrogens (tertiary/aromatic N) is 6. The quantitative estimate of drug-likeness (QED) is 0.653. The fraction of sp³-hybridized carbons (Fsp3) is 0.235. The maximum atomic E-state index is 12.5. The summed E-state index contributed by atoms with van der Waals surface area (Å²) in [5.74, 6) is 0.912. The van der Waals surface area contributed by atoms with Crippen LogP contribution in [0.5, 0.6) is 0 Å². The van der Waals surface area contributed by atoms with Crippen LogP contribution < -0.4 is 0 Å². The highest BCUT2D eigenvalue weighted by atomic mass is 16.3. The zero-order valence-electron chi connectivity index (χ0n) is 13.4. The standard InChI is InChI=1S/C17H16N6O2/c18-9-5-10-22(12-15-8-4-11-25-15)16(24)13-23-20-17(19-21-23)14-6-2-1-3-7-14/h1-4,6-8,11H,5,10,12-13H2. The van der Waals surface area contributed by atoms with Crippen molar-refractivity contribution in [2.24, 2.45) is 0 Å². The van der Waals surface area contributed by atoms with Crippen molar-refractivity contribution in [3.63, 3.8) is 0 Å². The highest BCUT2D eigenvalue weighted by Crippen LogP contribution is 2.12. The molecular formula is C17H16N6O2. The molecule has 0 saturated heterocycles. The summed E-state index contributed by atoms with van der Waals surface area (Å²) in [6, 6.07) is 15.0. The van der Waals surface area contributed by atoms with Gasteiger partial charge in [0.25, 0.3) is 0 Å². The Morgan fingerprint density at radius 1 is 1.24 bits per heavy atom. The second-order valence-corrected chi connectivity index (χ2v) is 5.31. The van der Waals surface area contributed by atoms with E-state index >= 15 is 0 Å². The summed E-state index contributed by atoms with van der Waals surface area (Å²) < 4.78 is 5.28. The van der Waals surface area contributed by atoms with Gasteiger partial charge in [0.2, 0.25) is 11.7 Å². The summed E-state index contributed by atoms with van der Waals surface area (Å²) in [5, 5.41) is 20.9. The van der Waals surface area contributed by atoms with Crippen LogP contribution in [0.1, 0.15) is 12.2 Å². The zero-order chi connectivity index (χ0) is 17.5. The van der Waals surface area contributed by atoms with Crippen molar-refractivity contribution >= 4 is 5.91 Å². The molecule has 1 amide bonds. The van der Waals surface area contributed by atoms with Crippen molar-refractivity contribution in [1.82, 2.24) is 25.1 Å². The molecule has 0 N–H and O–H groups in total. The molecule has 0 aliphatic rings. The van der Waals surface area contributed by atoms with Crippen LogP contribution in [0.3, 0.4) is 0 Å². The van der Waals surface area contributed by atoms with Gasteiger partial charge in [-0.15, -0.1) is 10.2 Å². The Hall–Kier alpha value is -3.47. The van der Waals surface area contributed by atoms with Gasteiger partial charge in [0.05, 0.1) is 25.3 Å². The van der Waals surface area contributed by atoms with Gasteiger partial charge in [-0.1, -0.05) is 30.3 Å². The fourth-order valence-electron chi connectivity index (χ4n) is 2.30. The van der Waals surface area contributed by atoms with Gasteiger partial charge in [0.1, 0.15) is 12.3 Å². The van der Waals surface area contributed by atoms with E-state index in [1.54, 1.807) is 23.3 Å². The first-order chi connectivity index (χ1) is 12.3. The first kappa shape index (κ1) is 16.4. The number of hydrogen-bond donors (Lipinski definition) is 0. The first-order valence-corrected chi connectivity index (χ1v) is 7.76. The van der Waals surface area contributed by atoms with Gasteiger partial charge in [-0.25, -0.2) is 0 Å². The van der Waals surface area contributed by atoms with E-state index in [4.69, 9.17) is 9.68 Å². The van der Waals surface area contributed by atoms with Gasteiger partial charge in [0.15, 0.2) is 0 Å². The van der Waals surface area contributed by atoms with E-state index in [9.17, 15) is 4.79 Å². The Bertz CT molecular complexity index is 851. The molecule has 0 unspecified atom stereocenters. The first-order valence-electron chi connectivity index (χ1n) is 7.76. The molecule has 0 spiro atoms. The van der Waals surface area contributed by atoms with Crippen LogP contribution in [0.4, 0.5) is 0 Å². The molecule has 2 aromatic heterocycles. The number of carbonyl (C=O) groups excluding carboxylic acids is 1. The number of tetrazole rings is 1. The van der Waals surface area contributed by atoms with Crippen molar-refractivity contribution in [2.45, 2.75) is 19.5 Å². The molecule has 8 heteroatoms. The second kappa shape index (κ2) is 7.88. The van der Waals surface area contributed by atoms with E-state index in [-0.39, 0.29) is 18.9 Å². The number of hydrogen-bond acceptors (Lipinski definition) is 6. The molecule has 0 bridgehead atoms. The van der Waals surface area contributed by atoms with Crippen LogP contribution in [0.15, 0.2) is 53.1 Å². The molecule has 0 aliphatic heterocycles. The Balaban J connectivity index is 1.68. The third kappa shape index (κ3) is 4.29. The minimum atomic E-state index is -0.205. The molecule has 0 atom stereocenters. The summed E-state index contributed by atoms with van der Waals surface area (Å²) in [6.07, 6.45) is 1.79. The molecule has 2 heterocycles. The molecule has 1 aromatic carbocycles. The molecule has 0 saturated carbocycles. The Kier molecular flexibility index (Phi) is 5.16. The summed E-state index contributed by atoms with van der Waals surface area (Å²) in [5.41, 5.74) is 0.832. The van der Waals surface area contributed by atoms with Crippen LogP contribution in [-0.2, 0) is 17.9 Å². The summed E-state index contributed by atoms with van der Waals surface area (Å²) >= 11 is 0. The molecule has 126 valence electrons. The van der Waals surface area contributed by atoms with Crippen LogP contribution >= 0.6 is 0 Å². The maximum Gasteiger partial charge on any atom is 0.246 e. The van der Waals surface area contributed by atoms with E-state index in [2.05, 4.69) is 15.4 Å². The minimum absolute atomic E-state index is 0.0496. The number of carbonyl (C=O) groups is 1. The van der Waals surface area contributed by atoms with Crippen LogP contribution in [-0.4, -0.2) is 37.6 Å². The molecule has 8 nitrogen and oxygen atoms in total. The highest BCUT2D eigenvalue weighted by Gasteiger charge is 2.17. The lowest BCUT2D eigenvalue weighted by Gasteiger charge is -2.19. The molecule has 25 heavy (non-hydrogen) atoms. The smallest absolute Gasteiger partial charge is 0.246 e. The number of aromatic nitrogens is 4. The van der Waals surface area contributed by atoms with Gasteiger partial charge >= 0.3 is 0 Å². The predicted octanol–water partition coefficient (Wildman–Crippen LogP) is 1.88. The second-order valence-electron chi connectivity index (χ2n) is 5.31. The molecule has 3 rings (SSSR count). The normalized spacial score (nSPS) is 10.4. The molecule has 0 fully saturated rings. The van der Waals surface area contributed by atoms with Crippen molar-refractivity contribution in [3.05, 3.63) is 54.5 Å². The Morgan fingerprint density at radius 3 is 2.80 bits per heavy atom. The average molecular weight is 336 g/mol. The highest BCUT2D eigenvalue weighted by molar-refractivity contribution is 5.75. The largest absolute Gasteiger partial charge is 0.467 e. The Labute approximate surface area is 144 Å². The van der Waals surface area contributed by atoms with Crippen molar-refractivity contribution in [3.8, 4) is 17.5 Å². The van der Waals surface area contributed by atoms with E-state index in [1.807, 2.05) is 36.4 Å². The van der Waals surface area contributed by atoms with E-state index < -0.39 is 0 Å². The maximum absolute atomic E-state index is 12.5. The van der Waals surface area contributed by atoms with Crippen molar-refractivity contribution in [1.29, 1.82) is 5.26 Å². The lowest BCUT2D eigenvalue weighted by molar-refractivity contribution is -0.133. The average Bonchev–Trinajstić information content (AvgIpc) is 3.31. The number of nitriles is 1. The topological polar surface area (TPSA) is 101 Å². The van der Waals surface area contributed by atoms with E-state index in [0.29, 0.717) is 24.7 Å². The van der Waals surface area contributed by atoms with Gasteiger partial charge < -0.3 is 9.32 Å². The minimum Gasteiger partial charge on any atom is -0.467 e. The number of benzene rings is 1. The summed E-state index contributed by atoms with van der Waals surface area (Å²) in [7, 11) is 0. The third-order valence-corrected chi connectivity index (χ3v) is 3.53. The SMILES string of the molecule is N#CCCN(Cc1ccco1)C(=O)Cn1nnc(-c2ccccc2)n1. The molecular weight excluding hydrogens is 320 g/mol. The van der Waals surface area contributed by atoms with Gasteiger partial charge in [-0.2, -0.15) is 10.1 Å². The van der Waals surface area contributed by atoms with Gasteiger partial charge in [0, 0.05) is 12.1 Å². The molecule has 3 aromatic rings. The van der Waals surface area contributed by atoms with Gasteiger partial charge in [-0.3, -0.25) is 4.79 Å². The van der Waals surface area contributed by atoms with Crippen LogP contribution in [0.2, 0.25) is 0 Å². The lowest BCUT2D eigenvalue weighted by atomic mass is 10.2.